The Labute approximate surface area is 177 Å². The highest BCUT2D eigenvalue weighted by Gasteiger charge is 2.17. The molecule has 2 aromatic carbocycles. The molecule has 1 atom stereocenters. The first-order valence-corrected chi connectivity index (χ1v) is 9.80. The van der Waals surface area contributed by atoms with Crippen molar-refractivity contribution in [3.63, 3.8) is 0 Å². The van der Waals surface area contributed by atoms with Crippen LogP contribution in [0.1, 0.15) is 24.4 Å². The van der Waals surface area contributed by atoms with Gasteiger partial charge in [-0.05, 0) is 36.6 Å². The lowest BCUT2D eigenvalue weighted by Crippen LogP contribution is -2.24. The molecule has 0 saturated heterocycles. The molecule has 0 spiro atoms. The average molecular weight is 439 g/mol. The highest BCUT2D eigenvalue weighted by Crippen LogP contribution is 2.28. The average Bonchev–Trinajstić information content (AvgIpc) is 2.70. The Balaban J connectivity index is 1.94. The predicted molar refractivity (Wildman–Crippen MR) is 114 cm³/mol. The van der Waals surface area contributed by atoms with Crippen LogP contribution in [0, 0.1) is 0 Å². The number of aromatic nitrogens is 2. The third kappa shape index (κ3) is 4.67. The van der Waals surface area contributed by atoms with E-state index >= 15 is 0 Å². The van der Waals surface area contributed by atoms with Crippen molar-refractivity contribution in [2.75, 3.05) is 11.9 Å². The van der Waals surface area contributed by atoms with Gasteiger partial charge in [0, 0.05) is 11.6 Å². The van der Waals surface area contributed by atoms with Crippen molar-refractivity contribution in [3.05, 3.63) is 85.7 Å². The van der Waals surface area contributed by atoms with E-state index in [2.05, 4.69) is 10.4 Å². The van der Waals surface area contributed by atoms with E-state index in [9.17, 15) is 9.90 Å². The zero-order chi connectivity index (χ0) is 20.1. The summed E-state index contributed by atoms with van der Waals surface area (Å²) in [6.45, 7) is 0.0770. The minimum atomic E-state index is -0.496. The molecule has 5 nitrogen and oxygen atoms in total. The fourth-order valence-electron chi connectivity index (χ4n) is 2.85. The first-order chi connectivity index (χ1) is 13.5. The molecule has 3 aromatic rings. The van der Waals surface area contributed by atoms with Crippen molar-refractivity contribution in [1.82, 2.24) is 9.78 Å². The van der Waals surface area contributed by atoms with E-state index in [0.29, 0.717) is 34.3 Å². The van der Waals surface area contributed by atoms with Crippen LogP contribution in [-0.4, -0.2) is 21.5 Å². The molecule has 0 aliphatic rings. The maximum atomic E-state index is 12.8. The van der Waals surface area contributed by atoms with Crippen molar-refractivity contribution < 1.29 is 5.11 Å². The topological polar surface area (TPSA) is 67.2 Å². The van der Waals surface area contributed by atoms with Crippen LogP contribution in [0.25, 0.3) is 5.69 Å². The fourth-order valence-corrected chi connectivity index (χ4v) is 3.52. The molecular formula is C20H18Cl3N3O2. The van der Waals surface area contributed by atoms with Crippen molar-refractivity contribution >= 4 is 40.5 Å². The van der Waals surface area contributed by atoms with Crippen LogP contribution in [0.15, 0.2) is 59.5 Å². The predicted octanol–water partition coefficient (Wildman–Crippen LogP) is 5.12. The number of aliphatic hydroxyl groups excluding tert-OH is 1. The molecule has 1 aromatic heterocycles. The number of aliphatic hydroxyl groups is 1. The molecule has 0 saturated carbocycles. The van der Waals surface area contributed by atoms with Gasteiger partial charge in [0.05, 0.1) is 28.6 Å². The van der Waals surface area contributed by atoms with Crippen LogP contribution in [0.5, 0.6) is 0 Å². The van der Waals surface area contributed by atoms with Gasteiger partial charge in [-0.1, -0.05) is 65.1 Å². The molecule has 0 radical (unpaired) electrons. The van der Waals surface area contributed by atoms with Crippen molar-refractivity contribution in [3.8, 4) is 5.69 Å². The normalized spacial score (nSPS) is 12.0. The highest BCUT2D eigenvalue weighted by atomic mass is 35.5. The lowest BCUT2D eigenvalue weighted by atomic mass is 10.0. The van der Waals surface area contributed by atoms with Gasteiger partial charge in [-0.3, -0.25) is 4.79 Å². The molecule has 8 heteroatoms. The van der Waals surface area contributed by atoms with E-state index in [1.165, 1.54) is 12.3 Å². The number of halogens is 3. The molecule has 2 N–H and O–H groups in total. The molecule has 0 aliphatic heterocycles. The van der Waals surface area contributed by atoms with Gasteiger partial charge in [0.2, 0.25) is 0 Å². The number of hydrogen-bond donors (Lipinski definition) is 2. The quantitative estimate of drug-likeness (QED) is 0.537. The third-order valence-corrected chi connectivity index (χ3v) is 5.14. The molecule has 146 valence electrons. The van der Waals surface area contributed by atoms with Crippen LogP contribution in [0.3, 0.4) is 0 Å². The van der Waals surface area contributed by atoms with Crippen molar-refractivity contribution in [2.45, 2.75) is 18.9 Å². The highest BCUT2D eigenvalue weighted by molar-refractivity contribution is 6.36. The van der Waals surface area contributed by atoms with Gasteiger partial charge in [-0.2, -0.15) is 9.78 Å². The Morgan fingerprint density at radius 2 is 1.86 bits per heavy atom. The van der Waals surface area contributed by atoms with E-state index in [1.54, 1.807) is 12.1 Å². The first kappa shape index (κ1) is 20.7. The third-order valence-electron chi connectivity index (χ3n) is 4.24. The van der Waals surface area contributed by atoms with Crippen LogP contribution < -0.4 is 10.9 Å². The summed E-state index contributed by atoms with van der Waals surface area (Å²) in [5.41, 5.74) is 1.34. The lowest BCUT2D eigenvalue weighted by Gasteiger charge is -2.21. The zero-order valence-electron chi connectivity index (χ0n) is 14.8. The number of nitrogens with one attached hydrogen (secondary N) is 1. The largest absolute Gasteiger partial charge is 0.396 e. The second-order valence-corrected chi connectivity index (χ2v) is 7.38. The maximum Gasteiger partial charge on any atom is 0.292 e. The monoisotopic (exact) mass is 437 g/mol. The molecule has 1 unspecified atom stereocenters. The zero-order valence-corrected chi connectivity index (χ0v) is 17.0. The molecule has 0 bridgehead atoms. The molecule has 3 rings (SSSR count). The van der Waals surface area contributed by atoms with E-state index in [1.807, 2.05) is 30.3 Å². The molecule has 0 amide bonds. The van der Waals surface area contributed by atoms with E-state index in [-0.39, 0.29) is 17.7 Å². The van der Waals surface area contributed by atoms with Crippen molar-refractivity contribution in [2.24, 2.45) is 0 Å². The number of anilines is 1. The summed E-state index contributed by atoms with van der Waals surface area (Å²) < 4.78 is 1.14. The van der Waals surface area contributed by atoms with Gasteiger partial charge < -0.3 is 10.4 Å². The van der Waals surface area contributed by atoms with Crippen molar-refractivity contribution in [1.29, 1.82) is 0 Å². The smallest absolute Gasteiger partial charge is 0.292 e. The maximum absolute atomic E-state index is 12.8. The Morgan fingerprint density at radius 3 is 2.54 bits per heavy atom. The van der Waals surface area contributed by atoms with Gasteiger partial charge in [-0.15, -0.1) is 0 Å². The first-order valence-electron chi connectivity index (χ1n) is 8.67. The minimum absolute atomic E-state index is 0.00551. The van der Waals surface area contributed by atoms with Gasteiger partial charge in [0.1, 0.15) is 5.02 Å². The van der Waals surface area contributed by atoms with Gasteiger partial charge >= 0.3 is 0 Å². The van der Waals surface area contributed by atoms with Gasteiger partial charge in [0.15, 0.2) is 0 Å². The Hall–Kier alpha value is -2.05. The van der Waals surface area contributed by atoms with Crippen LogP contribution in [0.2, 0.25) is 15.1 Å². The van der Waals surface area contributed by atoms with E-state index in [0.717, 1.165) is 10.2 Å². The summed E-state index contributed by atoms with van der Waals surface area (Å²) in [4.78, 5) is 12.8. The van der Waals surface area contributed by atoms with E-state index in [4.69, 9.17) is 34.8 Å². The number of rotatable bonds is 7. The Morgan fingerprint density at radius 1 is 1.11 bits per heavy atom. The molecule has 0 aliphatic carbocycles. The number of benzene rings is 2. The van der Waals surface area contributed by atoms with Gasteiger partial charge in [-0.25, -0.2) is 0 Å². The second-order valence-electron chi connectivity index (χ2n) is 6.16. The molecule has 0 fully saturated rings. The van der Waals surface area contributed by atoms with E-state index < -0.39 is 5.56 Å². The molecular weight excluding hydrogens is 421 g/mol. The Kier molecular flexibility index (Phi) is 6.97. The summed E-state index contributed by atoms with van der Waals surface area (Å²) in [7, 11) is 0. The summed E-state index contributed by atoms with van der Waals surface area (Å²) in [5, 5.41) is 17.4. The van der Waals surface area contributed by atoms with Crippen LogP contribution >= 0.6 is 34.8 Å². The lowest BCUT2D eigenvalue weighted by molar-refractivity contribution is 0.281. The Bertz CT molecular complexity index is 1010. The molecule has 28 heavy (non-hydrogen) atoms. The minimum Gasteiger partial charge on any atom is -0.396 e. The van der Waals surface area contributed by atoms with Gasteiger partial charge in [0.25, 0.3) is 5.56 Å². The van der Waals surface area contributed by atoms with Crippen LogP contribution in [0.4, 0.5) is 5.69 Å². The number of nitrogens with zero attached hydrogens (tertiary/aromatic N) is 2. The summed E-state index contributed by atoms with van der Waals surface area (Å²) in [6.07, 6.45) is 2.77. The number of hydrogen-bond acceptors (Lipinski definition) is 4. The van der Waals surface area contributed by atoms with Crippen LogP contribution in [-0.2, 0) is 0 Å². The fraction of sp³-hybridized carbons (Fsp3) is 0.200. The summed E-state index contributed by atoms with van der Waals surface area (Å²) >= 11 is 18.4. The SMILES string of the molecule is O=c1c(Cl)c(NC(CCCO)c2ccccc2)cnn1-c1ccc(Cl)cc1Cl. The standard InChI is InChI=1S/C20H18Cl3N3O2/c21-14-8-9-18(15(22)11-14)26-20(28)19(23)17(12-24-26)25-16(7-4-10-27)13-5-2-1-3-6-13/h1-3,5-6,8-9,11-12,16,25,27H,4,7,10H2. The summed E-state index contributed by atoms with van der Waals surface area (Å²) in [5.74, 6) is 0. The summed E-state index contributed by atoms with van der Waals surface area (Å²) in [6, 6.07) is 14.4. The molecule has 1 heterocycles. The second kappa shape index (κ2) is 9.43.